The van der Waals surface area contributed by atoms with E-state index in [9.17, 15) is 52.3 Å². The molecule has 3 aliphatic carbocycles. The third-order valence-corrected chi connectivity index (χ3v) is 21.1. The van der Waals surface area contributed by atoms with Crippen LogP contribution in [0.15, 0.2) is 104 Å². The molecule has 4 aliphatic rings. The second-order valence-electron chi connectivity index (χ2n) is 23.4. The summed E-state index contributed by atoms with van der Waals surface area (Å²) in [4.78, 5) is 142. The van der Waals surface area contributed by atoms with Gasteiger partial charge in [-0.05, 0) is 256 Å². The summed E-state index contributed by atoms with van der Waals surface area (Å²) in [5.74, 6) is -6.77. The number of fused-ring (bicyclic) bond motifs is 4. The number of aromatic nitrogens is 8. The molecule has 1 saturated heterocycles. The molecular weight excluding hydrogens is 1980 g/mol. The molecule has 0 unspecified atom stereocenters. The van der Waals surface area contributed by atoms with Crippen LogP contribution in [0.2, 0.25) is 0 Å². The molecule has 9 heterocycles. The standard InChI is InChI=1S/C13H16BrNO4.C12H12BrNO4.C11H12BrNO2.2C9H8BrNO.C8H6BrNO3.C7H6BrNO2.C6H3BrFNO2/c1-4-19-11(16)6-5-9-10(14)7-15-8(2)12(9)13(17)18-3;1-3-18-10(15)5-4-8-9(13)6-14-7(2)11(8)12(16)17;1-7-10-8(9(12)6-13-7)2-3-11(10)14-4-5-15-11;2*1-5-9-6(2-3-8(9)12)7(10)4-11-5;1-4-7(8(12)13)5(3-11)6(9)2-10-4;1-4-6(7(10)11)2-5(8)3-9-4;7-3-1-4(6(10)11)5(8)9-2-3/h7H,4-6H2,1-3H3;4-6H,3H2,1-2H3,(H,16,17);6H,2-5H2,1H3;2*4H,2-3H2,1H3;2-3H,1H3,(H,12,13);2-3H,1H3,(H,10,11);1-2H,(H,10,11)/b;5-4+;;;;;;. The molecule has 1 aliphatic heterocycles. The lowest BCUT2D eigenvalue weighted by Gasteiger charge is -2.24. The van der Waals surface area contributed by atoms with Gasteiger partial charge in [0.05, 0.1) is 78.6 Å². The normalized spacial score (nSPS) is 12.7. The number of carboxylic acids is 4. The second kappa shape index (κ2) is 44.4. The number of carboxylic acid groups (broad SMARTS) is 4. The fourth-order valence-electron chi connectivity index (χ4n) is 11.1. The number of ketones is 2. The first-order chi connectivity index (χ1) is 52.4. The van der Waals surface area contributed by atoms with Crippen LogP contribution in [0.5, 0.6) is 0 Å². The van der Waals surface area contributed by atoms with E-state index in [1.54, 1.807) is 66.3 Å². The minimum atomic E-state index is -1.32. The predicted molar refractivity (Wildman–Crippen MR) is 431 cm³/mol. The molecule has 0 bridgehead atoms. The Morgan fingerprint density at radius 3 is 1.37 bits per heavy atom. The van der Waals surface area contributed by atoms with E-state index in [1.165, 1.54) is 49.5 Å². The van der Waals surface area contributed by atoms with Gasteiger partial charge in [-0.25, -0.2) is 33.8 Å². The highest BCUT2D eigenvalue weighted by molar-refractivity contribution is 9.11. The Morgan fingerprint density at radius 2 is 0.928 bits per heavy atom. The van der Waals surface area contributed by atoms with Gasteiger partial charge in [-0.3, -0.25) is 54.1 Å². The minimum absolute atomic E-state index is 0.0515. The first-order valence-electron chi connectivity index (χ1n) is 33.0. The monoisotopic (exact) mass is 2040 g/mol. The smallest absolute Gasteiger partial charge is 0.340 e. The molecule has 12 rings (SSSR count). The number of esters is 3. The summed E-state index contributed by atoms with van der Waals surface area (Å²) in [5, 5.41) is 34.9. The topological polar surface area (TPSA) is 401 Å². The summed E-state index contributed by atoms with van der Waals surface area (Å²) in [6, 6.07) is 2.69. The first kappa shape index (κ1) is 93.5. The van der Waals surface area contributed by atoms with Gasteiger partial charge in [0.25, 0.3) is 0 Å². The number of pyridine rings is 8. The van der Waals surface area contributed by atoms with Gasteiger partial charge in [-0.15, -0.1) is 0 Å². The predicted octanol–water partition coefficient (Wildman–Crippen LogP) is 16.9. The average molecular weight is 2050 g/mol. The lowest BCUT2D eigenvalue weighted by molar-refractivity contribution is -0.163. The van der Waals surface area contributed by atoms with Crippen molar-refractivity contribution in [2.24, 2.45) is 0 Å². The van der Waals surface area contributed by atoms with Crippen LogP contribution in [0.25, 0.3) is 6.08 Å². The number of aryl methyl sites for hydroxylation is 7. The Hall–Kier alpha value is -8.07. The third kappa shape index (κ3) is 25.7. The minimum Gasteiger partial charge on any atom is -0.478 e. The number of nitrogens with zero attached hydrogens (tertiary/aromatic N) is 8. The summed E-state index contributed by atoms with van der Waals surface area (Å²) >= 11 is 26.0. The number of rotatable bonds is 13. The molecule has 8 aromatic heterocycles. The van der Waals surface area contributed by atoms with E-state index in [0.717, 1.165) is 90.1 Å². The Morgan fingerprint density at radius 1 is 0.505 bits per heavy atom. The lowest BCUT2D eigenvalue weighted by atomic mass is 10.0. The van der Waals surface area contributed by atoms with Crippen LogP contribution >= 0.6 is 127 Å². The highest BCUT2D eigenvalue weighted by Crippen LogP contribution is 2.47. The number of ether oxygens (including phenoxy) is 5. The van der Waals surface area contributed by atoms with Crippen molar-refractivity contribution in [3.8, 4) is 0 Å². The van der Waals surface area contributed by atoms with Gasteiger partial charge in [0.1, 0.15) is 5.56 Å². The number of Topliss-reactive ketones (excluding diaryl/α,β-unsaturated/α-hetero) is 2. The summed E-state index contributed by atoms with van der Waals surface area (Å²) in [5.41, 5.74) is 12.4. The fourth-order valence-corrected chi connectivity index (χ4v) is 14.6. The number of carbonyl (C=O) groups excluding carboxylic acids is 6. The summed E-state index contributed by atoms with van der Waals surface area (Å²) < 4.78 is 44.1. The number of hydrogen-bond acceptors (Lipinski definition) is 23. The molecule has 1 fully saturated rings. The molecular formula is C75H71Br8FN8O19. The van der Waals surface area contributed by atoms with Gasteiger partial charge in [0.15, 0.2) is 23.6 Å². The third-order valence-electron chi connectivity index (χ3n) is 16.2. The van der Waals surface area contributed by atoms with Crippen LogP contribution in [0.1, 0.15) is 196 Å². The lowest BCUT2D eigenvalue weighted by Crippen LogP contribution is -2.24. The first-order valence-corrected chi connectivity index (χ1v) is 39.4. The SMILES string of the molecule is CCOC(=O)/C=C/c1c(Br)cnc(C)c1C(=O)O.CCOC(=O)CCc1c(Br)cnc(C)c1C(=O)OC.Cc1ncc(Br)c(C=O)c1C(=O)O.Cc1ncc(Br)c2c1C(=O)CC2.Cc1ncc(Br)c2c1C(=O)CC2.Cc1ncc(Br)c2c1C1(CC2)OCCO1.Cc1ncc(Br)cc1C(=O)O.O=C(O)c1cc(Br)cnc1F. The quantitative estimate of drug-likeness (QED) is 0.0274. The van der Waals surface area contributed by atoms with Crippen molar-refractivity contribution in [3.05, 3.63) is 227 Å². The van der Waals surface area contributed by atoms with E-state index in [1.807, 2.05) is 27.0 Å². The van der Waals surface area contributed by atoms with Gasteiger partial charge in [-0.1, -0.05) is 0 Å². The van der Waals surface area contributed by atoms with Crippen molar-refractivity contribution in [1.29, 1.82) is 0 Å². The molecule has 0 atom stereocenters. The van der Waals surface area contributed by atoms with Gasteiger partial charge >= 0.3 is 41.8 Å². The van der Waals surface area contributed by atoms with E-state index in [4.69, 9.17) is 44.1 Å². The van der Waals surface area contributed by atoms with Gasteiger partial charge in [0, 0.05) is 162 Å². The molecule has 111 heavy (non-hydrogen) atoms. The molecule has 0 radical (unpaired) electrons. The fraction of sp³-hybridized carbons (Fsp3) is 0.307. The van der Waals surface area contributed by atoms with Crippen molar-refractivity contribution in [2.75, 3.05) is 33.5 Å². The number of halogens is 9. The largest absolute Gasteiger partial charge is 0.478 e. The number of hydrogen-bond donors (Lipinski definition) is 4. The van der Waals surface area contributed by atoms with Crippen LogP contribution in [0, 0.1) is 54.4 Å². The van der Waals surface area contributed by atoms with Crippen molar-refractivity contribution < 1.29 is 96.4 Å². The summed E-state index contributed by atoms with van der Waals surface area (Å²) in [7, 11) is 1.32. The van der Waals surface area contributed by atoms with Crippen LogP contribution in [0.4, 0.5) is 4.39 Å². The zero-order chi connectivity index (χ0) is 82.9. The van der Waals surface area contributed by atoms with E-state index < -0.39 is 53.1 Å². The maximum atomic E-state index is 12.5. The molecule has 0 saturated carbocycles. The number of aldehydes is 1. The van der Waals surface area contributed by atoms with Crippen LogP contribution in [-0.2, 0) is 64.7 Å². The van der Waals surface area contributed by atoms with Crippen LogP contribution < -0.4 is 0 Å². The summed E-state index contributed by atoms with van der Waals surface area (Å²) in [6.45, 7) is 17.8. The highest BCUT2D eigenvalue weighted by atomic mass is 79.9. The number of aromatic carboxylic acids is 4. The van der Waals surface area contributed by atoms with Gasteiger partial charge in [-0.2, -0.15) is 4.39 Å². The maximum absolute atomic E-state index is 12.5. The molecule has 4 N–H and O–H groups in total. The van der Waals surface area contributed by atoms with Crippen molar-refractivity contribution in [3.63, 3.8) is 0 Å². The van der Waals surface area contributed by atoms with Crippen molar-refractivity contribution in [1.82, 2.24) is 39.9 Å². The highest BCUT2D eigenvalue weighted by Gasteiger charge is 2.46. The molecule has 36 heteroatoms. The molecule has 1 spiro atoms. The van der Waals surface area contributed by atoms with Crippen LogP contribution in [0.3, 0.4) is 0 Å². The molecule has 588 valence electrons. The molecule has 27 nitrogen and oxygen atoms in total. The van der Waals surface area contributed by atoms with E-state index >= 15 is 0 Å². The summed E-state index contributed by atoms with van der Waals surface area (Å²) in [6.07, 6.45) is 21.3. The zero-order valence-electron chi connectivity index (χ0n) is 60.9. The van der Waals surface area contributed by atoms with E-state index in [2.05, 4.69) is 167 Å². The Labute approximate surface area is 703 Å². The van der Waals surface area contributed by atoms with Crippen LogP contribution in [-0.4, -0.2) is 153 Å². The van der Waals surface area contributed by atoms with Gasteiger partial charge in [0.2, 0.25) is 5.95 Å². The Bertz CT molecular complexity index is 4780. The van der Waals surface area contributed by atoms with Gasteiger partial charge < -0.3 is 44.1 Å². The van der Waals surface area contributed by atoms with Crippen molar-refractivity contribution in [2.45, 2.75) is 119 Å². The molecule has 0 amide bonds. The zero-order valence-corrected chi connectivity index (χ0v) is 73.6. The molecule has 8 aromatic rings. The van der Waals surface area contributed by atoms with E-state index in [0.29, 0.717) is 107 Å². The Kier molecular flexibility index (Phi) is 37.4. The second-order valence-corrected chi connectivity index (χ2v) is 30.4. The maximum Gasteiger partial charge on any atom is 0.340 e. The molecule has 0 aromatic carbocycles. The van der Waals surface area contributed by atoms with E-state index in [-0.39, 0.29) is 52.8 Å². The number of carbonyl (C=O) groups is 10. The number of methoxy groups -OCH3 is 1. The average Bonchev–Trinajstić information content (AvgIpc) is 1.60. The Balaban J connectivity index is 0.000000229. The van der Waals surface area contributed by atoms with Crippen molar-refractivity contribution >= 4 is 193 Å².